The number of piperazine rings is 1. The molecular weight excluding hydrogens is 198 g/mol. The van der Waals surface area contributed by atoms with Crippen molar-refractivity contribution in [2.45, 2.75) is 38.5 Å². The lowest BCUT2D eigenvalue weighted by Crippen LogP contribution is -2.44. The minimum absolute atomic E-state index is 0.862. The van der Waals surface area contributed by atoms with E-state index in [1.54, 1.807) is 0 Å². The highest BCUT2D eigenvalue weighted by atomic mass is 15.2. The van der Waals surface area contributed by atoms with Gasteiger partial charge in [0.25, 0.3) is 0 Å². The van der Waals surface area contributed by atoms with Crippen LogP contribution in [0.4, 0.5) is 0 Å². The second-order valence-electron chi connectivity index (χ2n) is 5.05. The SMILES string of the molecule is CN1CCN(CCCCCCCCN)CC1. The third-order valence-corrected chi connectivity index (χ3v) is 3.52. The normalized spacial score (nSPS) is 19.1. The van der Waals surface area contributed by atoms with E-state index in [0.29, 0.717) is 0 Å². The molecule has 0 spiro atoms. The average molecular weight is 227 g/mol. The summed E-state index contributed by atoms with van der Waals surface area (Å²) in [6, 6.07) is 0. The molecule has 1 fully saturated rings. The molecule has 0 aromatic rings. The molecule has 2 N–H and O–H groups in total. The lowest BCUT2D eigenvalue weighted by molar-refractivity contribution is 0.152. The first-order valence-corrected chi connectivity index (χ1v) is 6.94. The van der Waals surface area contributed by atoms with E-state index in [1.165, 1.54) is 71.2 Å². The summed E-state index contributed by atoms with van der Waals surface area (Å²) in [5, 5.41) is 0. The third-order valence-electron chi connectivity index (χ3n) is 3.52. The Morgan fingerprint density at radius 1 is 0.812 bits per heavy atom. The molecule has 3 nitrogen and oxygen atoms in total. The van der Waals surface area contributed by atoms with Crippen molar-refractivity contribution in [1.82, 2.24) is 9.80 Å². The molecule has 1 aliphatic rings. The van der Waals surface area contributed by atoms with Crippen molar-refractivity contribution in [2.24, 2.45) is 5.73 Å². The molecule has 1 saturated heterocycles. The Kier molecular flexibility index (Phi) is 7.81. The van der Waals surface area contributed by atoms with Crippen molar-refractivity contribution < 1.29 is 0 Å². The van der Waals surface area contributed by atoms with Crippen LogP contribution in [0.1, 0.15) is 38.5 Å². The van der Waals surface area contributed by atoms with Gasteiger partial charge in [0.2, 0.25) is 0 Å². The van der Waals surface area contributed by atoms with Gasteiger partial charge >= 0.3 is 0 Å². The monoisotopic (exact) mass is 227 g/mol. The van der Waals surface area contributed by atoms with E-state index in [4.69, 9.17) is 5.73 Å². The van der Waals surface area contributed by atoms with Crippen LogP contribution in [-0.4, -0.2) is 56.1 Å². The molecular formula is C13H29N3. The topological polar surface area (TPSA) is 32.5 Å². The predicted molar refractivity (Wildman–Crippen MR) is 70.7 cm³/mol. The van der Waals surface area contributed by atoms with Crippen molar-refractivity contribution in [3.63, 3.8) is 0 Å². The summed E-state index contributed by atoms with van der Waals surface area (Å²) in [7, 11) is 2.22. The highest BCUT2D eigenvalue weighted by Gasteiger charge is 2.12. The number of nitrogens with two attached hydrogens (primary N) is 1. The summed E-state index contributed by atoms with van der Waals surface area (Å²) >= 11 is 0. The van der Waals surface area contributed by atoms with Crippen LogP contribution in [0.15, 0.2) is 0 Å². The van der Waals surface area contributed by atoms with E-state index in [1.807, 2.05) is 0 Å². The fraction of sp³-hybridized carbons (Fsp3) is 1.00. The highest BCUT2D eigenvalue weighted by molar-refractivity contribution is 4.68. The maximum Gasteiger partial charge on any atom is 0.0110 e. The molecule has 1 heterocycles. The van der Waals surface area contributed by atoms with Crippen LogP contribution in [0.25, 0.3) is 0 Å². The minimum atomic E-state index is 0.862. The molecule has 0 aromatic carbocycles. The maximum atomic E-state index is 5.47. The van der Waals surface area contributed by atoms with Crippen LogP contribution in [0.5, 0.6) is 0 Å². The van der Waals surface area contributed by atoms with Crippen molar-refractivity contribution in [2.75, 3.05) is 46.3 Å². The standard InChI is InChI=1S/C13H29N3/c1-15-10-12-16(13-11-15)9-7-5-3-2-4-6-8-14/h2-14H2,1H3. The number of hydrogen-bond acceptors (Lipinski definition) is 3. The molecule has 0 unspecified atom stereocenters. The molecule has 96 valence electrons. The molecule has 0 atom stereocenters. The Hall–Kier alpha value is -0.120. The number of unbranched alkanes of at least 4 members (excludes halogenated alkanes) is 5. The zero-order chi connectivity index (χ0) is 11.6. The first-order valence-electron chi connectivity index (χ1n) is 6.94. The molecule has 0 aromatic heterocycles. The lowest BCUT2D eigenvalue weighted by atomic mass is 10.1. The number of hydrogen-bond donors (Lipinski definition) is 1. The fourth-order valence-electron chi connectivity index (χ4n) is 2.26. The zero-order valence-electron chi connectivity index (χ0n) is 11.0. The van der Waals surface area contributed by atoms with Crippen LogP contribution in [0.3, 0.4) is 0 Å². The Morgan fingerprint density at radius 2 is 1.38 bits per heavy atom. The van der Waals surface area contributed by atoms with Crippen LogP contribution in [-0.2, 0) is 0 Å². The van der Waals surface area contributed by atoms with Gasteiger partial charge in [0.05, 0.1) is 0 Å². The summed E-state index contributed by atoms with van der Waals surface area (Å²) in [5.74, 6) is 0. The third kappa shape index (κ3) is 6.46. The summed E-state index contributed by atoms with van der Waals surface area (Å²) in [6.45, 7) is 7.20. The molecule has 0 saturated carbocycles. The molecule has 3 heteroatoms. The van der Waals surface area contributed by atoms with Crippen LogP contribution in [0, 0.1) is 0 Å². The Labute approximate surface area is 101 Å². The van der Waals surface area contributed by atoms with Crippen molar-refractivity contribution in [3.8, 4) is 0 Å². The van der Waals surface area contributed by atoms with Gasteiger partial charge in [0, 0.05) is 26.2 Å². The Bertz CT molecular complexity index is 153. The maximum absolute atomic E-state index is 5.47. The molecule has 1 aliphatic heterocycles. The van der Waals surface area contributed by atoms with Crippen molar-refractivity contribution >= 4 is 0 Å². The highest BCUT2D eigenvalue weighted by Crippen LogP contribution is 2.07. The summed E-state index contributed by atoms with van der Waals surface area (Å²) in [6.07, 6.45) is 8.08. The fourth-order valence-corrected chi connectivity index (χ4v) is 2.26. The van der Waals surface area contributed by atoms with E-state index in [-0.39, 0.29) is 0 Å². The van der Waals surface area contributed by atoms with E-state index < -0.39 is 0 Å². The van der Waals surface area contributed by atoms with Gasteiger partial charge in [-0.05, 0) is 33.0 Å². The Balaban J connectivity index is 1.84. The molecule has 16 heavy (non-hydrogen) atoms. The average Bonchev–Trinajstić information content (AvgIpc) is 2.30. The van der Waals surface area contributed by atoms with Crippen molar-refractivity contribution in [3.05, 3.63) is 0 Å². The van der Waals surface area contributed by atoms with Gasteiger partial charge in [0.1, 0.15) is 0 Å². The summed E-state index contributed by atoms with van der Waals surface area (Å²) in [4.78, 5) is 5.03. The second-order valence-corrected chi connectivity index (χ2v) is 5.05. The first-order chi connectivity index (χ1) is 7.83. The van der Waals surface area contributed by atoms with Gasteiger partial charge in [-0.1, -0.05) is 25.7 Å². The molecule has 1 rings (SSSR count). The molecule has 0 radical (unpaired) electrons. The molecule has 0 aliphatic carbocycles. The Morgan fingerprint density at radius 3 is 2.00 bits per heavy atom. The van der Waals surface area contributed by atoms with Gasteiger partial charge in [0.15, 0.2) is 0 Å². The van der Waals surface area contributed by atoms with Crippen LogP contribution < -0.4 is 5.73 Å². The molecule has 0 amide bonds. The van der Waals surface area contributed by atoms with Crippen molar-refractivity contribution in [1.29, 1.82) is 0 Å². The largest absolute Gasteiger partial charge is 0.330 e. The zero-order valence-corrected chi connectivity index (χ0v) is 11.0. The van der Waals surface area contributed by atoms with E-state index in [9.17, 15) is 0 Å². The predicted octanol–water partition coefficient (Wildman–Crippen LogP) is 1.53. The van der Waals surface area contributed by atoms with Gasteiger partial charge in [-0.2, -0.15) is 0 Å². The van der Waals surface area contributed by atoms with E-state index >= 15 is 0 Å². The summed E-state index contributed by atoms with van der Waals surface area (Å²) < 4.78 is 0. The number of rotatable bonds is 8. The van der Waals surface area contributed by atoms with Crippen LogP contribution in [0.2, 0.25) is 0 Å². The number of nitrogens with zero attached hydrogens (tertiary/aromatic N) is 2. The second kappa shape index (κ2) is 8.97. The number of likely N-dealkylation sites (N-methyl/N-ethyl adjacent to an activating group) is 1. The van der Waals surface area contributed by atoms with Gasteiger partial charge < -0.3 is 15.5 Å². The smallest absolute Gasteiger partial charge is 0.0110 e. The van der Waals surface area contributed by atoms with Gasteiger partial charge in [-0.25, -0.2) is 0 Å². The van der Waals surface area contributed by atoms with Crippen LogP contribution >= 0.6 is 0 Å². The van der Waals surface area contributed by atoms with E-state index in [2.05, 4.69) is 16.8 Å². The quantitative estimate of drug-likeness (QED) is 0.638. The van der Waals surface area contributed by atoms with Gasteiger partial charge in [-0.3, -0.25) is 0 Å². The minimum Gasteiger partial charge on any atom is -0.330 e. The molecule has 0 bridgehead atoms. The van der Waals surface area contributed by atoms with E-state index in [0.717, 1.165) is 6.54 Å². The summed E-state index contributed by atoms with van der Waals surface area (Å²) in [5.41, 5.74) is 5.47. The lowest BCUT2D eigenvalue weighted by Gasteiger charge is -2.32. The first kappa shape index (κ1) is 13.9. The van der Waals surface area contributed by atoms with Gasteiger partial charge in [-0.15, -0.1) is 0 Å².